The molecule has 4 unspecified atom stereocenters. The smallest absolute Gasteiger partial charge is 0.239 e. The molecular formula is C14H29ClN2OS. The second kappa shape index (κ2) is 9.09. The summed E-state index contributed by atoms with van der Waals surface area (Å²) in [5.41, 5.74) is 6.04. The molecule has 1 aliphatic rings. The maximum atomic E-state index is 12.3. The van der Waals surface area contributed by atoms with Crippen molar-refractivity contribution in [2.24, 2.45) is 11.7 Å². The number of thioether (sulfide) groups is 1. The highest BCUT2D eigenvalue weighted by Crippen LogP contribution is 2.32. The molecule has 19 heavy (non-hydrogen) atoms. The number of nitrogens with two attached hydrogens (primary N) is 1. The molecule has 0 aliphatic heterocycles. The monoisotopic (exact) mass is 308 g/mol. The van der Waals surface area contributed by atoms with Crippen molar-refractivity contribution in [2.45, 2.75) is 63.8 Å². The number of halogens is 1. The summed E-state index contributed by atoms with van der Waals surface area (Å²) in [5.74, 6) is 1.56. The van der Waals surface area contributed by atoms with Gasteiger partial charge in [0.15, 0.2) is 0 Å². The molecule has 114 valence electrons. The standard InChI is InChI=1S/C14H28N2OS.ClH/c1-5-10(3)13(15)14(17)16(4)11-7-8-12(9-11)18-6-2;/h10-13H,5-9,15H2,1-4H3;1H. The molecule has 3 nitrogen and oxygen atoms in total. The van der Waals surface area contributed by atoms with Gasteiger partial charge in [-0.05, 0) is 30.9 Å². The molecule has 1 fully saturated rings. The Balaban J connectivity index is 0.00000324. The summed E-state index contributed by atoms with van der Waals surface area (Å²) in [6.07, 6.45) is 4.46. The van der Waals surface area contributed by atoms with Crippen molar-refractivity contribution in [1.29, 1.82) is 0 Å². The van der Waals surface area contributed by atoms with Crippen LogP contribution in [0.15, 0.2) is 0 Å². The highest BCUT2D eigenvalue weighted by atomic mass is 35.5. The molecule has 1 saturated carbocycles. The minimum Gasteiger partial charge on any atom is -0.341 e. The van der Waals surface area contributed by atoms with Crippen LogP contribution in [0.25, 0.3) is 0 Å². The Morgan fingerprint density at radius 3 is 2.58 bits per heavy atom. The summed E-state index contributed by atoms with van der Waals surface area (Å²) in [5, 5.41) is 0.732. The number of hydrogen-bond acceptors (Lipinski definition) is 3. The quantitative estimate of drug-likeness (QED) is 0.820. The average Bonchev–Trinajstić information content (AvgIpc) is 2.84. The second-order valence-corrected chi connectivity index (χ2v) is 6.98. The van der Waals surface area contributed by atoms with Gasteiger partial charge < -0.3 is 10.6 Å². The highest BCUT2D eigenvalue weighted by molar-refractivity contribution is 7.99. The van der Waals surface area contributed by atoms with Gasteiger partial charge >= 0.3 is 0 Å². The lowest BCUT2D eigenvalue weighted by molar-refractivity contribution is -0.134. The van der Waals surface area contributed by atoms with E-state index >= 15 is 0 Å². The van der Waals surface area contributed by atoms with Gasteiger partial charge in [0.05, 0.1) is 6.04 Å². The van der Waals surface area contributed by atoms with Crippen LogP contribution in [0, 0.1) is 5.92 Å². The van der Waals surface area contributed by atoms with E-state index < -0.39 is 0 Å². The van der Waals surface area contributed by atoms with Crippen LogP contribution in [0.1, 0.15) is 46.5 Å². The lowest BCUT2D eigenvalue weighted by atomic mass is 9.98. The van der Waals surface area contributed by atoms with Gasteiger partial charge in [0.25, 0.3) is 0 Å². The zero-order chi connectivity index (χ0) is 13.7. The molecule has 0 saturated heterocycles. The van der Waals surface area contributed by atoms with Gasteiger partial charge in [-0.2, -0.15) is 11.8 Å². The minimum atomic E-state index is -0.335. The van der Waals surface area contributed by atoms with Crippen LogP contribution < -0.4 is 5.73 Å². The Morgan fingerprint density at radius 2 is 2.05 bits per heavy atom. The molecule has 0 aromatic carbocycles. The first-order valence-electron chi connectivity index (χ1n) is 7.15. The normalized spacial score (nSPS) is 25.5. The largest absolute Gasteiger partial charge is 0.341 e. The Hall–Kier alpha value is 0.0700. The van der Waals surface area contributed by atoms with E-state index in [-0.39, 0.29) is 30.3 Å². The SMILES string of the molecule is CCSC1CCC(N(C)C(=O)C(N)C(C)CC)C1.Cl. The molecule has 2 N–H and O–H groups in total. The lowest BCUT2D eigenvalue weighted by Gasteiger charge is -2.29. The predicted octanol–water partition coefficient (Wildman–Crippen LogP) is 2.91. The summed E-state index contributed by atoms with van der Waals surface area (Å²) in [7, 11) is 1.92. The zero-order valence-electron chi connectivity index (χ0n) is 12.6. The van der Waals surface area contributed by atoms with Crippen molar-refractivity contribution in [1.82, 2.24) is 4.90 Å². The molecule has 1 aliphatic carbocycles. The summed E-state index contributed by atoms with van der Waals surface area (Å²) in [6, 6.07) is 0.0644. The van der Waals surface area contributed by atoms with Crippen molar-refractivity contribution < 1.29 is 4.79 Å². The van der Waals surface area contributed by atoms with Gasteiger partial charge in [0.1, 0.15) is 0 Å². The van der Waals surface area contributed by atoms with Gasteiger partial charge in [0, 0.05) is 18.3 Å². The predicted molar refractivity (Wildman–Crippen MR) is 87.0 cm³/mol. The number of likely N-dealkylation sites (N-methyl/N-ethyl adjacent to an activating group) is 1. The summed E-state index contributed by atoms with van der Waals surface area (Å²) in [4.78, 5) is 14.2. The Labute approximate surface area is 128 Å². The lowest BCUT2D eigenvalue weighted by Crippen LogP contribution is -2.48. The minimum absolute atomic E-state index is 0. The molecule has 1 amide bonds. The Bertz CT molecular complexity index is 278. The molecule has 0 aromatic heterocycles. The number of nitrogens with zero attached hydrogens (tertiary/aromatic N) is 1. The van der Waals surface area contributed by atoms with Gasteiger partial charge in [-0.25, -0.2) is 0 Å². The second-order valence-electron chi connectivity index (χ2n) is 5.40. The first kappa shape index (κ1) is 19.1. The van der Waals surface area contributed by atoms with Crippen LogP contribution in [-0.2, 0) is 4.79 Å². The van der Waals surface area contributed by atoms with E-state index in [2.05, 4.69) is 20.8 Å². The molecule has 0 bridgehead atoms. The van der Waals surface area contributed by atoms with E-state index in [1.54, 1.807) is 0 Å². The maximum Gasteiger partial charge on any atom is 0.239 e. The summed E-state index contributed by atoms with van der Waals surface area (Å²) in [6.45, 7) is 6.34. The number of carbonyl (C=O) groups excluding carboxylic acids is 1. The summed E-state index contributed by atoms with van der Waals surface area (Å²) < 4.78 is 0. The molecule has 0 aromatic rings. The van der Waals surface area contributed by atoms with E-state index in [9.17, 15) is 4.79 Å². The molecule has 0 radical (unpaired) electrons. The van der Waals surface area contributed by atoms with Crippen LogP contribution in [0.5, 0.6) is 0 Å². The fourth-order valence-corrected chi connectivity index (χ4v) is 3.70. The number of rotatable bonds is 6. The van der Waals surface area contributed by atoms with Crippen molar-refractivity contribution in [3.8, 4) is 0 Å². The number of amides is 1. The third-order valence-electron chi connectivity index (χ3n) is 4.20. The fourth-order valence-electron chi connectivity index (χ4n) is 2.57. The van der Waals surface area contributed by atoms with E-state index in [0.717, 1.165) is 24.5 Å². The van der Waals surface area contributed by atoms with Crippen LogP contribution in [-0.4, -0.2) is 40.9 Å². The molecule has 4 atom stereocenters. The highest BCUT2D eigenvalue weighted by Gasteiger charge is 2.32. The van der Waals surface area contributed by atoms with Crippen molar-refractivity contribution in [3.63, 3.8) is 0 Å². The third kappa shape index (κ3) is 5.16. The summed E-state index contributed by atoms with van der Waals surface area (Å²) >= 11 is 2.02. The van der Waals surface area contributed by atoms with E-state index in [4.69, 9.17) is 5.73 Å². The van der Waals surface area contributed by atoms with Crippen LogP contribution >= 0.6 is 24.2 Å². The van der Waals surface area contributed by atoms with Crippen LogP contribution in [0.2, 0.25) is 0 Å². The van der Waals surface area contributed by atoms with Crippen LogP contribution in [0.3, 0.4) is 0 Å². The van der Waals surface area contributed by atoms with E-state index in [1.165, 1.54) is 12.2 Å². The van der Waals surface area contributed by atoms with Gasteiger partial charge in [-0.1, -0.05) is 27.2 Å². The zero-order valence-corrected chi connectivity index (χ0v) is 14.2. The van der Waals surface area contributed by atoms with Crippen molar-refractivity contribution >= 4 is 30.1 Å². The topological polar surface area (TPSA) is 46.3 Å². The van der Waals surface area contributed by atoms with Gasteiger partial charge in [-0.15, -0.1) is 12.4 Å². The average molecular weight is 309 g/mol. The van der Waals surface area contributed by atoms with Crippen molar-refractivity contribution in [2.75, 3.05) is 12.8 Å². The molecule has 0 heterocycles. The molecular weight excluding hydrogens is 280 g/mol. The van der Waals surface area contributed by atoms with Crippen molar-refractivity contribution in [3.05, 3.63) is 0 Å². The van der Waals surface area contributed by atoms with Gasteiger partial charge in [-0.3, -0.25) is 4.79 Å². The first-order valence-corrected chi connectivity index (χ1v) is 8.19. The molecule has 1 rings (SSSR count). The maximum absolute atomic E-state index is 12.3. The van der Waals surface area contributed by atoms with Gasteiger partial charge in [0.2, 0.25) is 5.91 Å². The Kier molecular flexibility index (Phi) is 9.12. The number of carbonyl (C=O) groups is 1. The Morgan fingerprint density at radius 1 is 1.42 bits per heavy atom. The fraction of sp³-hybridized carbons (Fsp3) is 0.929. The molecule has 0 spiro atoms. The van der Waals surface area contributed by atoms with E-state index in [0.29, 0.717) is 6.04 Å². The van der Waals surface area contributed by atoms with E-state index in [1.807, 2.05) is 23.7 Å². The third-order valence-corrected chi connectivity index (χ3v) is 5.43. The molecule has 5 heteroatoms. The first-order chi connectivity index (χ1) is 8.51. The number of hydrogen-bond donors (Lipinski definition) is 1. The van der Waals surface area contributed by atoms with Crippen LogP contribution in [0.4, 0.5) is 0 Å².